The van der Waals surface area contributed by atoms with E-state index in [1.54, 1.807) is 6.26 Å². The molecular formula is C15H18BrNO. The van der Waals surface area contributed by atoms with E-state index in [4.69, 9.17) is 4.42 Å². The van der Waals surface area contributed by atoms with Crippen LogP contribution in [0.25, 0.3) is 0 Å². The molecule has 1 aromatic heterocycles. The van der Waals surface area contributed by atoms with Crippen LogP contribution in [0.5, 0.6) is 0 Å². The highest BCUT2D eigenvalue weighted by Gasteiger charge is 2.11. The van der Waals surface area contributed by atoms with E-state index in [2.05, 4.69) is 52.4 Å². The van der Waals surface area contributed by atoms with Gasteiger partial charge in [0.1, 0.15) is 5.76 Å². The van der Waals surface area contributed by atoms with Gasteiger partial charge in [0.2, 0.25) is 0 Å². The molecule has 0 saturated carbocycles. The van der Waals surface area contributed by atoms with Crippen LogP contribution in [0.3, 0.4) is 0 Å². The molecule has 0 spiro atoms. The maximum absolute atomic E-state index is 5.42. The summed E-state index contributed by atoms with van der Waals surface area (Å²) in [6.45, 7) is 3.11. The summed E-state index contributed by atoms with van der Waals surface area (Å²) in [5, 5.41) is 3.51. The second-order valence-electron chi connectivity index (χ2n) is 4.37. The van der Waals surface area contributed by atoms with Gasteiger partial charge in [-0.2, -0.15) is 0 Å². The molecule has 1 unspecified atom stereocenters. The minimum absolute atomic E-state index is 0.412. The molecule has 2 aromatic rings. The van der Waals surface area contributed by atoms with E-state index >= 15 is 0 Å². The zero-order chi connectivity index (χ0) is 12.8. The molecule has 18 heavy (non-hydrogen) atoms. The minimum atomic E-state index is 0.412. The third-order valence-electron chi connectivity index (χ3n) is 2.89. The van der Waals surface area contributed by atoms with E-state index < -0.39 is 0 Å². The predicted molar refractivity (Wildman–Crippen MR) is 77.7 cm³/mol. The lowest BCUT2D eigenvalue weighted by molar-refractivity contribution is 0.444. The van der Waals surface area contributed by atoms with Crippen LogP contribution in [0, 0.1) is 0 Å². The second kappa shape index (κ2) is 6.76. The summed E-state index contributed by atoms with van der Waals surface area (Å²) >= 11 is 3.51. The predicted octanol–water partition coefficient (Wildman–Crippen LogP) is 3.81. The van der Waals surface area contributed by atoms with Crippen molar-refractivity contribution in [1.82, 2.24) is 5.32 Å². The number of rotatable bonds is 6. The quantitative estimate of drug-likeness (QED) is 0.878. The molecule has 2 nitrogen and oxygen atoms in total. The van der Waals surface area contributed by atoms with Gasteiger partial charge in [0.05, 0.1) is 6.26 Å². The number of likely N-dealkylation sites (N-methyl/N-ethyl adjacent to an activating group) is 1. The molecule has 0 fully saturated rings. The van der Waals surface area contributed by atoms with Crippen molar-refractivity contribution in [2.45, 2.75) is 25.8 Å². The molecule has 1 heterocycles. The van der Waals surface area contributed by atoms with E-state index in [-0.39, 0.29) is 0 Å². The molecule has 96 valence electrons. The summed E-state index contributed by atoms with van der Waals surface area (Å²) in [5.74, 6) is 1.04. The van der Waals surface area contributed by atoms with Crippen LogP contribution >= 0.6 is 15.9 Å². The van der Waals surface area contributed by atoms with Crippen molar-refractivity contribution in [3.63, 3.8) is 0 Å². The Morgan fingerprint density at radius 3 is 2.78 bits per heavy atom. The number of nitrogens with one attached hydrogen (secondary N) is 1. The summed E-state index contributed by atoms with van der Waals surface area (Å²) < 4.78 is 6.56. The van der Waals surface area contributed by atoms with Crippen LogP contribution in [0.1, 0.15) is 18.2 Å². The summed E-state index contributed by atoms with van der Waals surface area (Å²) in [6, 6.07) is 12.9. The first kappa shape index (κ1) is 13.4. The van der Waals surface area contributed by atoms with Gasteiger partial charge in [0.15, 0.2) is 0 Å². The maximum atomic E-state index is 5.42. The molecule has 0 radical (unpaired) electrons. The van der Waals surface area contributed by atoms with E-state index in [1.165, 1.54) is 5.56 Å². The lowest BCUT2D eigenvalue weighted by Crippen LogP contribution is -2.32. The molecule has 1 aromatic carbocycles. The van der Waals surface area contributed by atoms with Gasteiger partial charge in [-0.25, -0.2) is 0 Å². The monoisotopic (exact) mass is 307 g/mol. The molecule has 0 aliphatic heterocycles. The molecular weight excluding hydrogens is 290 g/mol. The number of hydrogen-bond donors (Lipinski definition) is 1. The van der Waals surface area contributed by atoms with Crippen molar-refractivity contribution in [1.29, 1.82) is 0 Å². The lowest BCUT2D eigenvalue weighted by Gasteiger charge is -2.17. The van der Waals surface area contributed by atoms with Crippen molar-refractivity contribution in [2.75, 3.05) is 6.54 Å². The topological polar surface area (TPSA) is 25.2 Å². The van der Waals surface area contributed by atoms with Crippen LogP contribution in [-0.4, -0.2) is 12.6 Å². The summed E-state index contributed by atoms with van der Waals surface area (Å²) in [6.07, 6.45) is 3.67. The Morgan fingerprint density at radius 1 is 1.22 bits per heavy atom. The molecule has 0 saturated heterocycles. The number of halogens is 1. The number of furan rings is 1. The first-order chi connectivity index (χ1) is 8.78. The fourth-order valence-electron chi connectivity index (χ4n) is 2.13. The zero-order valence-electron chi connectivity index (χ0n) is 10.5. The fourth-order valence-corrected chi connectivity index (χ4v) is 2.57. The van der Waals surface area contributed by atoms with Gasteiger partial charge in [0, 0.05) is 16.9 Å². The Balaban J connectivity index is 2.01. The van der Waals surface area contributed by atoms with Gasteiger partial charge >= 0.3 is 0 Å². The van der Waals surface area contributed by atoms with Gasteiger partial charge in [-0.1, -0.05) is 35.0 Å². The Kier molecular flexibility index (Phi) is 5.02. The van der Waals surface area contributed by atoms with Gasteiger partial charge in [-0.3, -0.25) is 0 Å². The molecule has 0 aliphatic rings. The Bertz CT molecular complexity index is 467. The van der Waals surface area contributed by atoms with E-state index in [0.717, 1.165) is 29.6 Å². The normalized spacial score (nSPS) is 12.6. The number of benzene rings is 1. The number of hydrogen-bond acceptors (Lipinski definition) is 2. The Labute approximate surface area is 117 Å². The van der Waals surface area contributed by atoms with Crippen LogP contribution < -0.4 is 5.32 Å². The molecule has 1 N–H and O–H groups in total. The standard InChI is InChI=1S/C15H18BrNO/c1-2-17-14(11-15-7-4-8-18-15)10-12-5-3-6-13(16)9-12/h3-9,14,17H,2,10-11H2,1H3. The lowest BCUT2D eigenvalue weighted by atomic mass is 10.0. The van der Waals surface area contributed by atoms with E-state index in [1.807, 2.05) is 12.1 Å². The molecule has 0 bridgehead atoms. The van der Waals surface area contributed by atoms with Gasteiger partial charge in [-0.05, 0) is 42.8 Å². The van der Waals surface area contributed by atoms with Crippen molar-refractivity contribution in [3.05, 3.63) is 58.5 Å². The maximum Gasteiger partial charge on any atom is 0.105 e. The first-order valence-electron chi connectivity index (χ1n) is 6.28. The second-order valence-corrected chi connectivity index (χ2v) is 5.29. The fraction of sp³-hybridized carbons (Fsp3) is 0.333. The first-order valence-corrected chi connectivity index (χ1v) is 7.07. The summed E-state index contributed by atoms with van der Waals surface area (Å²) in [7, 11) is 0. The van der Waals surface area contributed by atoms with Crippen molar-refractivity contribution < 1.29 is 4.42 Å². The highest BCUT2D eigenvalue weighted by Crippen LogP contribution is 2.15. The molecule has 0 aliphatic carbocycles. The average molecular weight is 308 g/mol. The third-order valence-corrected chi connectivity index (χ3v) is 3.38. The van der Waals surface area contributed by atoms with Gasteiger partial charge < -0.3 is 9.73 Å². The highest BCUT2D eigenvalue weighted by molar-refractivity contribution is 9.10. The smallest absolute Gasteiger partial charge is 0.105 e. The van der Waals surface area contributed by atoms with Crippen molar-refractivity contribution in [2.24, 2.45) is 0 Å². The molecule has 1 atom stereocenters. The summed E-state index contributed by atoms with van der Waals surface area (Å²) in [4.78, 5) is 0. The third kappa shape index (κ3) is 4.00. The van der Waals surface area contributed by atoms with Crippen LogP contribution in [0.15, 0.2) is 51.6 Å². The Hall–Kier alpha value is -1.06. The molecule has 2 rings (SSSR count). The van der Waals surface area contributed by atoms with Crippen LogP contribution in [-0.2, 0) is 12.8 Å². The average Bonchev–Trinajstić information content (AvgIpc) is 2.82. The van der Waals surface area contributed by atoms with Crippen molar-refractivity contribution in [3.8, 4) is 0 Å². The molecule has 0 amide bonds. The van der Waals surface area contributed by atoms with Crippen LogP contribution in [0.2, 0.25) is 0 Å². The highest BCUT2D eigenvalue weighted by atomic mass is 79.9. The van der Waals surface area contributed by atoms with Crippen molar-refractivity contribution >= 4 is 15.9 Å². The van der Waals surface area contributed by atoms with Crippen LogP contribution in [0.4, 0.5) is 0 Å². The minimum Gasteiger partial charge on any atom is -0.469 e. The van der Waals surface area contributed by atoms with Gasteiger partial charge in [-0.15, -0.1) is 0 Å². The van der Waals surface area contributed by atoms with Gasteiger partial charge in [0.25, 0.3) is 0 Å². The largest absolute Gasteiger partial charge is 0.469 e. The van der Waals surface area contributed by atoms with E-state index in [0.29, 0.717) is 6.04 Å². The van der Waals surface area contributed by atoms with E-state index in [9.17, 15) is 0 Å². The zero-order valence-corrected chi connectivity index (χ0v) is 12.1. The molecule has 3 heteroatoms. The summed E-state index contributed by atoms with van der Waals surface area (Å²) in [5.41, 5.74) is 1.34. The SMILES string of the molecule is CCNC(Cc1cccc(Br)c1)Cc1ccco1. The Morgan fingerprint density at radius 2 is 2.11 bits per heavy atom.